The van der Waals surface area contributed by atoms with E-state index in [2.05, 4.69) is 11.9 Å². The van der Waals surface area contributed by atoms with Gasteiger partial charge in [0.15, 0.2) is 6.61 Å². The SMILES string of the molecule is C=C(CCN(CCOc1ccc(Cl)c(F)c1)CC(=O)OC(C)(C)C)NC(=O)COc1ccc(Cl)c(F)c1. The van der Waals surface area contributed by atoms with Gasteiger partial charge in [-0.15, -0.1) is 0 Å². The molecule has 0 aromatic heterocycles. The van der Waals surface area contributed by atoms with E-state index in [1.807, 2.05) is 0 Å². The van der Waals surface area contributed by atoms with Crippen LogP contribution in [0.4, 0.5) is 8.78 Å². The van der Waals surface area contributed by atoms with Gasteiger partial charge in [0.25, 0.3) is 5.91 Å². The van der Waals surface area contributed by atoms with E-state index in [1.165, 1.54) is 24.3 Å². The molecule has 0 saturated heterocycles. The van der Waals surface area contributed by atoms with Gasteiger partial charge < -0.3 is 19.5 Å². The Morgan fingerprint density at radius 2 is 1.54 bits per heavy atom. The molecular formula is C26H30Cl2F2N2O5. The first-order valence-corrected chi connectivity index (χ1v) is 12.2. The number of halogens is 4. The summed E-state index contributed by atoms with van der Waals surface area (Å²) in [5, 5.41) is 2.55. The summed E-state index contributed by atoms with van der Waals surface area (Å²) in [5.41, 5.74) is -0.254. The largest absolute Gasteiger partial charge is 0.492 e. The zero-order valence-corrected chi connectivity index (χ0v) is 22.4. The Morgan fingerprint density at radius 1 is 0.973 bits per heavy atom. The Labute approximate surface area is 225 Å². The number of esters is 1. The van der Waals surface area contributed by atoms with Crippen molar-refractivity contribution in [3.8, 4) is 11.5 Å². The summed E-state index contributed by atoms with van der Waals surface area (Å²) >= 11 is 11.3. The van der Waals surface area contributed by atoms with Gasteiger partial charge in [0.1, 0.15) is 35.3 Å². The Morgan fingerprint density at radius 3 is 2.08 bits per heavy atom. The van der Waals surface area contributed by atoms with Crippen LogP contribution in [0.3, 0.4) is 0 Å². The average Bonchev–Trinajstić information content (AvgIpc) is 2.79. The summed E-state index contributed by atoms with van der Waals surface area (Å²) < 4.78 is 43.4. The Hall–Kier alpha value is -2.88. The van der Waals surface area contributed by atoms with E-state index in [0.717, 1.165) is 6.07 Å². The van der Waals surface area contributed by atoms with Crippen molar-refractivity contribution < 1.29 is 32.6 Å². The fourth-order valence-corrected chi connectivity index (χ4v) is 3.22. The predicted molar refractivity (Wildman–Crippen MR) is 138 cm³/mol. The first-order valence-electron chi connectivity index (χ1n) is 11.4. The van der Waals surface area contributed by atoms with Crippen molar-refractivity contribution in [3.63, 3.8) is 0 Å². The number of rotatable bonds is 13. The van der Waals surface area contributed by atoms with E-state index in [4.69, 9.17) is 37.4 Å². The topological polar surface area (TPSA) is 77.1 Å². The Balaban J connectivity index is 1.86. The molecule has 7 nitrogen and oxygen atoms in total. The molecule has 37 heavy (non-hydrogen) atoms. The molecule has 0 aliphatic heterocycles. The minimum Gasteiger partial charge on any atom is -0.492 e. The van der Waals surface area contributed by atoms with Gasteiger partial charge in [0, 0.05) is 30.9 Å². The Kier molecular flexibility index (Phi) is 11.6. The quantitative estimate of drug-likeness (QED) is 0.332. The molecular weight excluding hydrogens is 529 g/mol. The van der Waals surface area contributed by atoms with Crippen LogP contribution >= 0.6 is 23.2 Å². The maximum absolute atomic E-state index is 13.6. The van der Waals surface area contributed by atoms with Gasteiger partial charge in [-0.25, -0.2) is 8.78 Å². The molecule has 202 valence electrons. The molecule has 1 amide bonds. The van der Waals surface area contributed by atoms with Crippen LogP contribution in [-0.4, -0.2) is 55.2 Å². The van der Waals surface area contributed by atoms with Crippen molar-refractivity contribution in [2.45, 2.75) is 32.8 Å². The summed E-state index contributed by atoms with van der Waals surface area (Å²) in [6.45, 7) is 9.59. The van der Waals surface area contributed by atoms with E-state index >= 15 is 0 Å². The maximum Gasteiger partial charge on any atom is 0.320 e. The minimum atomic E-state index is -0.653. The molecule has 2 aromatic carbocycles. The first-order chi connectivity index (χ1) is 17.3. The summed E-state index contributed by atoms with van der Waals surface area (Å²) in [5.74, 6) is -1.69. The van der Waals surface area contributed by atoms with E-state index in [1.54, 1.807) is 31.7 Å². The predicted octanol–water partition coefficient (Wildman–Crippen LogP) is 5.39. The van der Waals surface area contributed by atoms with Crippen molar-refractivity contribution in [3.05, 3.63) is 70.4 Å². The highest BCUT2D eigenvalue weighted by molar-refractivity contribution is 6.31. The smallest absolute Gasteiger partial charge is 0.320 e. The second-order valence-corrected chi connectivity index (χ2v) is 9.87. The molecule has 0 heterocycles. The molecule has 0 unspecified atom stereocenters. The van der Waals surface area contributed by atoms with Gasteiger partial charge in [-0.3, -0.25) is 14.5 Å². The van der Waals surface area contributed by atoms with Crippen molar-refractivity contribution in [1.29, 1.82) is 0 Å². The van der Waals surface area contributed by atoms with Crippen LogP contribution in [0.25, 0.3) is 0 Å². The van der Waals surface area contributed by atoms with Crippen LogP contribution in [0.5, 0.6) is 11.5 Å². The van der Waals surface area contributed by atoms with E-state index < -0.39 is 29.1 Å². The molecule has 11 heteroatoms. The molecule has 0 fully saturated rings. The van der Waals surface area contributed by atoms with Gasteiger partial charge in [-0.05, 0) is 51.5 Å². The number of ether oxygens (including phenoxy) is 3. The number of carbonyl (C=O) groups excluding carboxylic acids is 2. The fourth-order valence-electron chi connectivity index (χ4n) is 2.99. The molecule has 2 aromatic rings. The zero-order valence-electron chi connectivity index (χ0n) is 20.9. The average molecular weight is 559 g/mol. The van der Waals surface area contributed by atoms with E-state index in [9.17, 15) is 18.4 Å². The highest BCUT2D eigenvalue weighted by atomic mass is 35.5. The van der Waals surface area contributed by atoms with Gasteiger partial charge in [0.2, 0.25) is 0 Å². The highest BCUT2D eigenvalue weighted by Gasteiger charge is 2.19. The lowest BCUT2D eigenvalue weighted by atomic mass is 10.2. The standard InChI is InChI=1S/C26H30Cl2F2N2O5/c1-17(31-24(33)16-36-19-6-8-21(28)23(30)14-19)9-10-32(15-25(34)37-26(2,3)4)11-12-35-18-5-7-20(27)22(29)13-18/h5-8,13-14H,1,9-12,15-16H2,2-4H3,(H,31,33). The third kappa shape index (κ3) is 11.8. The lowest BCUT2D eigenvalue weighted by Gasteiger charge is -2.25. The van der Waals surface area contributed by atoms with Crippen molar-refractivity contribution in [2.75, 3.05) is 32.8 Å². The van der Waals surface area contributed by atoms with Gasteiger partial charge in [0.05, 0.1) is 16.6 Å². The second-order valence-electron chi connectivity index (χ2n) is 9.05. The molecule has 0 aliphatic carbocycles. The number of nitrogens with zero attached hydrogens (tertiary/aromatic N) is 1. The molecule has 0 saturated carbocycles. The van der Waals surface area contributed by atoms with Gasteiger partial charge >= 0.3 is 5.97 Å². The molecule has 0 aliphatic rings. The summed E-state index contributed by atoms with van der Waals surface area (Å²) in [6, 6.07) is 7.97. The van der Waals surface area contributed by atoms with Crippen molar-refractivity contribution >= 4 is 35.1 Å². The summed E-state index contributed by atoms with van der Waals surface area (Å²) in [4.78, 5) is 26.3. The van der Waals surface area contributed by atoms with Crippen molar-refractivity contribution in [1.82, 2.24) is 10.2 Å². The van der Waals surface area contributed by atoms with Crippen molar-refractivity contribution in [2.24, 2.45) is 0 Å². The lowest BCUT2D eigenvalue weighted by Crippen LogP contribution is -2.38. The Bertz CT molecular complexity index is 1110. The van der Waals surface area contributed by atoms with Crippen LogP contribution < -0.4 is 14.8 Å². The molecule has 0 bridgehead atoms. The van der Waals surface area contributed by atoms with E-state index in [-0.39, 0.29) is 35.6 Å². The van der Waals surface area contributed by atoms with E-state index in [0.29, 0.717) is 31.0 Å². The van der Waals surface area contributed by atoms with Crippen LogP contribution in [0, 0.1) is 11.6 Å². The third-order valence-corrected chi connectivity index (χ3v) is 5.26. The fraction of sp³-hybridized carbons (Fsp3) is 0.385. The number of amides is 1. The van der Waals surface area contributed by atoms with Crippen LogP contribution in [0.2, 0.25) is 10.0 Å². The summed E-state index contributed by atoms with van der Waals surface area (Å²) in [6.07, 6.45) is 0.319. The number of nitrogens with one attached hydrogen (secondary N) is 1. The maximum atomic E-state index is 13.6. The molecule has 1 N–H and O–H groups in total. The second kappa shape index (κ2) is 14.2. The number of hydrogen-bond acceptors (Lipinski definition) is 6. The van der Waals surface area contributed by atoms with Gasteiger partial charge in [-0.2, -0.15) is 0 Å². The zero-order chi connectivity index (χ0) is 27.6. The molecule has 0 radical (unpaired) electrons. The molecule has 0 spiro atoms. The number of carbonyl (C=O) groups is 2. The normalized spacial score (nSPS) is 11.2. The molecule has 2 rings (SSSR count). The van der Waals surface area contributed by atoms with Crippen LogP contribution in [0.1, 0.15) is 27.2 Å². The molecule has 0 atom stereocenters. The first kappa shape index (κ1) is 30.3. The minimum absolute atomic E-state index is 0.00908. The lowest BCUT2D eigenvalue weighted by molar-refractivity contribution is -0.156. The number of hydrogen-bond donors (Lipinski definition) is 1. The number of benzene rings is 2. The third-order valence-electron chi connectivity index (χ3n) is 4.65. The summed E-state index contributed by atoms with van der Waals surface area (Å²) in [7, 11) is 0. The van der Waals surface area contributed by atoms with Gasteiger partial charge in [-0.1, -0.05) is 29.8 Å². The van der Waals surface area contributed by atoms with Crippen LogP contribution in [-0.2, 0) is 14.3 Å². The monoisotopic (exact) mass is 558 g/mol. The highest BCUT2D eigenvalue weighted by Crippen LogP contribution is 2.21. The van der Waals surface area contributed by atoms with Crippen LogP contribution in [0.15, 0.2) is 48.7 Å².